The van der Waals surface area contributed by atoms with Crippen molar-refractivity contribution >= 4 is 17.9 Å². The average molecular weight is 366 g/mol. The maximum Gasteiger partial charge on any atom is 0.257 e. The van der Waals surface area contributed by atoms with Crippen molar-refractivity contribution in [3.8, 4) is 0 Å². The van der Waals surface area contributed by atoms with Crippen molar-refractivity contribution in [3.63, 3.8) is 0 Å². The second-order valence-electron chi connectivity index (χ2n) is 7.22. The molecule has 2 aliphatic heterocycles. The lowest BCUT2D eigenvalue weighted by molar-refractivity contribution is -0.113. The zero-order valence-electron chi connectivity index (χ0n) is 15.7. The SMILES string of the molecule is C=C(/C(=C\C=C/C)C(=O)Nc1ccc(C=O)cc1)N1CC2(CCOCC2)C1. The van der Waals surface area contributed by atoms with E-state index < -0.39 is 0 Å². The number of carbonyl (C=O) groups is 2. The van der Waals surface area contributed by atoms with Crippen molar-refractivity contribution in [3.05, 3.63) is 65.9 Å². The normalized spacial score (nSPS) is 19.0. The molecule has 2 fully saturated rings. The molecule has 3 rings (SSSR count). The molecule has 0 atom stereocenters. The Balaban J connectivity index is 1.68. The zero-order chi connectivity index (χ0) is 19.3. The van der Waals surface area contributed by atoms with Crippen molar-refractivity contribution in [2.45, 2.75) is 19.8 Å². The summed E-state index contributed by atoms with van der Waals surface area (Å²) in [6, 6.07) is 6.80. The lowest BCUT2D eigenvalue weighted by Crippen LogP contribution is -2.57. The number of likely N-dealkylation sites (tertiary alicyclic amines) is 1. The molecule has 1 amide bonds. The fourth-order valence-electron chi connectivity index (χ4n) is 3.58. The number of anilines is 1. The van der Waals surface area contributed by atoms with Gasteiger partial charge in [0, 0.05) is 48.7 Å². The van der Waals surface area contributed by atoms with Gasteiger partial charge in [0.15, 0.2) is 0 Å². The molecule has 5 nitrogen and oxygen atoms in total. The maximum atomic E-state index is 12.8. The number of carbonyl (C=O) groups excluding carboxylic acids is 2. The Kier molecular flexibility index (Phi) is 5.91. The molecule has 0 unspecified atom stereocenters. The van der Waals surface area contributed by atoms with Crippen LogP contribution in [0, 0.1) is 5.41 Å². The molecule has 5 heteroatoms. The van der Waals surface area contributed by atoms with Crippen LogP contribution in [-0.4, -0.2) is 43.4 Å². The molecule has 0 aliphatic carbocycles. The highest BCUT2D eigenvalue weighted by Gasteiger charge is 2.44. The maximum absolute atomic E-state index is 12.8. The minimum absolute atomic E-state index is 0.204. The van der Waals surface area contributed by atoms with Crippen LogP contribution in [0.25, 0.3) is 0 Å². The minimum Gasteiger partial charge on any atom is -0.381 e. The number of nitrogens with one attached hydrogen (secondary N) is 1. The Morgan fingerprint density at radius 1 is 1.22 bits per heavy atom. The van der Waals surface area contributed by atoms with Gasteiger partial charge in [0.05, 0.1) is 5.57 Å². The van der Waals surface area contributed by atoms with Gasteiger partial charge in [-0.2, -0.15) is 0 Å². The van der Waals surface area contributed by atoms with Gasteiger partial charge < -0.3 is 15.0 Å². The Bertz CT molecular complexity index is 763. The van der Waals surface area contributed by atoms with Crippen LogP contribution < -0.4 is 5.32 Å². The predicted molar refractivity (Wildman–Crippen MR) is 107 cm³/mol. The van der Waals surface area contributed by atoms with Gasteiger partial charge >= 0.3 is 0 Å². The third-order valence-corrected chi connectivity index (χ3v) is 5.30. The molecule has 1 spiro atoms. The first kappa shape index (κ1) is 19.1. The van der Waals surface area contributed by atoms with E-state index in [-0.39, 0.29) is 5.91 Å². The highest BCUT2D eigenvalue weighted by molar-refractivity contribution is 6.07. The summed E-state index contributed by atoms with van der Waals surface area (Å²) in [5.74, 6) is -0.204. The van der Waals surface area contributed by atoms with Gasteiger partial charge in [0.2, 0.25) is 0 Å². The Hall–Kier alpha value is -2.66. The second kappa shape index (κ2) is 8.35. The van der Waals surface area contributed by atoms with E-state index in [4.69, 9.17) is 4.74 Å². The number of amides is 1. The number of nitrogens with zero attached hydrogens (tertiary/aromatic N) is 1. The summed E-state index contributed by atoms with van der Waals surface area (Å²) in [5, 5.41) is 2.89. The van der Waals surface area contributed by atoms with Gasteiger partial charge in [-0.25, -0.2) is 0 Å². The lowest BCUT2D eigenvalue weighted by Gasteiger charge is -2.54. The number of aldehydes is 1. The van der Waals surface area contributed by atoms with Crippen LogP contribution >= 0.6 is 0 Å². The number of hydrogen-bond acceptors (Lipinski definition) is 4. The molecular weight excluding hydrogens is 340 g/mol. The van der Waals surface area contributed by atoms with Crippen molar-refractivity contribution in [1.29, 1.82) is 0 Å². The highest BCUT2D eigenvalue weighted by atomic mass is 16.5. The van der Waals surface area contributed by atoms with Crippen molar-refractivity contribution < 1.29 is 14.3 Å². The molecule has 142 valence electrons. The fourth-order valence-corrected chi connectivity index (χ4v) is 3.58. The summed E-state index contributed by atoms with van der Waals surface area (Å²) >= 11 is 0. The lowest BCUT2D eigenvalue weighted by atomic mass is 9.73. The summed E-state index contributed by atoms with van der Waals surface area (Å²) in [6.45, 7) is 9.57. The standard InChI is InChI=1S/C22H26N2O3/c1-3-4-5-20(21(26)23-19-8-6-18(14-25)7-9-19)17(2)24-15-22(16-24)10-12-27-13-11-22/h3-9,14H,2,10-13,15-16H2,1H3,(H,23,26)/b4-3-,20-5+. The molecule has 27 heavy (non-hydrogen) atoms. The van der Waals surface area contributed by atoms with E-state index in [0.717, 1.165) is 51.1 Å². The molecular formula is C22H26N2O3. The molecule has 0 radical (unpaired) electrons. The van der Waals surface area contributed by atoms with Gasteiger partial charge in [0.1, 0.15) is 6.29 Å². The Morgan fingerprint density at radius 2 is 1.89 bits per heavy atom. The van der Waals surface area contributed by atoms with E-state index in [1.54, 1.807) is 30.3 Å². The van der Waals surface area contributed by atoms with Crippen LogP contribution in [0.4, 0.5) is 5.69 Å². The predicted octanol–water partition coefficient (Wildman–Crippen LogP) is 3.57. The van der Waals surface area contributed by atoms with Crippen LogP contribution in [0.5, 0.6) is 0 Å². The third kappa shape index (κ3) is 4.37. The molecule has 1 N–H and O–H groups in total. The first-order valence-electron chi connectivity index (χ1n) is 9.28. The van der Waals surface area contributed by atoms with Crippen molar-refractivity contribution in [2.24, 2.45) is 5.41 Å². The van der Waals surface area contributed by atoms with Gasteiger partial charge in [-0.15, -0.1) is 0 Å². The largest absolute Gasteiger partial charge is 0.381 e. The molecule has 0 saturated carbocycles. The van der Waals surface area contributed by atoms with E-state index >= 15 is 0 Å². The van der Waals surface area contributed by atoms with Gasteiger partial charge in [0.25, 0.3) is 5.91 Å². The summed E-state index contributed by atoms with van der Waals surface area (Å²) in [5.41, 5.74) is 2.83. The van der Waals surface area contributed by atoms with E-state index in [0.29, 0.717) is 22.2 Å². The first-order chi connectivity index (χ1) is 13.1. The average Bonchev–Trinajstić information content (AvgIpc) is 2.67. The van der Waals surface area contributed by atoms with Gasteiger partial charge in [-0.05, 0) is 50.1 Å². The van der Waals surface area contributed by atoms with Crippen LogP contribution in [0.1, 0.15) is 30.1 Å². The van der Waals surface area contributed by atoms with Crippen LogP contribution in [0.15, 0.2) is 60.3 Å². The molecule has 0 bridgehead atoms. The zero-order valence-corrected chi connectivity index (χ0v) is 15.7. The molecule has 2 aliphatic rings. The monoisotopic (exact) mass is 366 g/mol. The topological polar surface area (TPSA) is 58.6 Å². The minimum atomic E-state index is -0.204. The number of benzene rings is 1. The van der Waals surface area contributed by atoms with Crippen LogP contribution in [-0.2, 0) is 9.53 Å². The van der Waals surface area contributed by atoms with Crippen molar-refractivity contribution in [1.82, 2.24) is 4.90 Å². The van der Waals surface area contributed by atoms with Crippen LogP contribution in [0.3, 0.4) is 0 Å². The first-order valence-corrected chi connectivity index (χ1v) is 9.28. The molecule has 2 saturated heterocycles. The Morgan fingerprint density at radius 3 is 2.48 bits per heavy atom. The number of hydrogen-bond donors (Lipinski definition) is 1. The molecule has 0 aromatic heterocycles. The summed E-state index contributed by atoms with van der Waals surface area (Å²) in [6.07, 6.45) is 8.45. The fraction of sp³-hybridized carbons (Fsp3) is 0.364. The van der Waals surface area contributed by atoms with Crippen LogP contribution in [0.2, 0.25) is 0 Å². The summed E-state index contributed by atoms with van der Waals surface area (Å²) in [7, 11) is 0. The van der Waals surface area contributed by atoms with Gasteiger partial charge in [-0.1, -0.05) is 18.7 Å². The summed E-state index contributed by atoms with van der Waals surface area (Å²) < 4.78 is 5.47. The number of rotatable bonds is 6. The van der Waals surface area contributed by atoms with E-state index in [2.05, 4.69) is 16.8 Å². The third-order valence-electron chi connectivity index (χ3n) is 5.30. The van der Waals surface area contributed by atoms with Gasteiger partial charge in [-0.3, -0.25) is 9.59 Å². The molecule has 1 aromatic carbocycles. The smallest absolute Gasteiger partial charge is 0.257 e. The number of allylic oxidation sites excluding steroid dienone is 3. The summed E-state index contributed by atoms with van der Waals surface area (Å²) in [4.78, 5) is 25.8. The number of ether oxygens (including phenoxy) is 1. The molecule has 2 heterocycles. The quantitative estimate of drug-likeness (QED) is 0.475. The van der Waals surface area contributed by atoms with E-state index in [1.807, 2.05) is 19.1 Å². The van der Waals surface area contributed by atoms with E-state index in [1.165, 1.54) is 0 Å². The highest BCUT2D eigenvalue weighted by Crippen LogP contribution is 2.42. The van der Waals surface area contributed by atoms with E-state index in [9.17, 15) is 9.59 Å². The molecule has 1 aromatic rings. The van der Waals surface area contributed by atoms with Crippen molar-refractivity contribution in [2.75, 3.05) is 31.6 Å². The second-order valence-corrected chi connectivity index (χ2v) is 7.22. The Labute approximate surface area is 160 Å².